The zero-order valence-electron chi connectivity index (χ0n) is 9.82. The average Bonchev–Trinajstić information content (AvgIpc) is 2.37. The van der Waals surface area contributed by atoms with Crippen LogP contribution in [0.5, 0.6) is 0 Å². The van der Waals surface area contributed by atoms with E-state index in [-0.39, 0.29) is 0 Å². The third-order valence-electron chi connectivity index (χ3n) is 3.28. The van der Waals surface area contributed by atoms with E-state index in [1.54, 1.807) is 0 Å². The molecule has 2 rings (SSSR count). The van der Waals surface area contributed by atoms with E-state index in [4.69, 9.17) is 0 Å². The predicted octanol–water partition coefficient (Wildman–Crippen LogP) is 4.00. The van der Waals surface area contributed by atoms with Gasteiger partial charge in [0.15, 0.2) is 0 Å². The SMILES string of the molecule is c1ccc(CSNCC2CCCCC2)cc1. The Morgan fingerprint density at radius 1 is 1.06 bits per heavy atom. The zero-order valence-corrected chi connectivity index (χ0v) is 10.6. The van der Waals surface area contributed by atoms with Crippen LogP contribution in [0.4, 0.5) is 0 Å². The molecule has 1 N–H and O–H groups in total. The standard InChI is InChI=1S/C14H21NS/c1-3-7-13(8-4-1)11-15-16-12-14-9-5-2-6-10-14/h2,5-6,9-10,13,15H,1,3-4,7-8,11-12H2. The minimum absolute atomic E-state index is 0.928. The largest absolute Gasteiger partial charge is 0.264 e. The maximum Gasteiger partial charge on any atom is 0.0330 e. The molecule has 1 aromatic carbocycles. The second-order valence-corrected chi connectivity index (χ2v) is 5.49. The molecule has 1 aliphatic carbocycles. The first kappa shape index (κ1) is 12.0. The quantitative estimate of drug-likeness (QED) is 0.611. The van der Waals surface area contributed by atoms with Crippen LogP contribution in [0, 0.1) is 5.92 Å². The highest BCUT2D eigenvalue weighted by Crippen LogP contribution is 2.23. The van der Waals surface area contributed by atoms with Gasteiger partial charge in [0.25, 0.3) is 0 Å². The van der Waals surface area contributed by atoms with Crippen LogP contribution in [-0.2, 0) is 5.75 Å². The maximum atomic E-state index is 3.52. The Bertz CT molecular complexity index is 280. The lowest BCUT2D eigenvalue weighted by molar-refractivity contribution is 0.360. The van der Waals surface area contributed by atoms with Crippen molar-refractivity contribution in [2.75, 3.05) is 6.54 Å². The summed E-state index contributed by atoms with van der Waals surface area (Å²) in [6, 6.07) is 10.7. The average molecular weight is 235 g/mol. The highest BCUT2D eigenvalue weighted by Gasteiger charge is 2.12. The number of hydrogen-bond acceptors (Lipinski definition) is 2. The van der Waals surface area contributed by atoms with Crippen LogP contribution in [0.3, 0.4) is 0 Å². The molecule has 0 bridgehead atoms. The van der Waals surface area contributed by atoms with Crippen molar-refractivity contribution in [2.45, 2.75) is 37.9 Å². The third-order valence-corrected chi connectivity index (χ3v) is 4.13. The molecule has 1 fully saturated rings. The number of benzene rings is 1. The normalized spacial score (nSPS) is 17.5. The van der Waals surface area contributed by atoms with E-state index < -0.39 is 0 Å². The van der Waals surface area contributed by atoms with Crippen molar-refractivity contribution >= 4 is 11.9 Å². The fourth-order valence-electron chi connectivity index (χ4n) is 2.28. The van der Waals surface area contributed by atoms with Gasteiger partial charge in [-0.05, 0) is 24.3 Å². The van der Waals surface area contributed by atoms with Gasteiger partial charge in [0.1, 0.15) is 0 Å². The Morgan fingerprint density at radius 3 is 2.56 bits per heavy atom. The molecule has 2 heteroatoms. The molecule has 0 saturated heterocycles. The molecule has 0 amide bonds. The number of nitrogens with one attached hydrogen (secondary N) is 1. The molecular weight excluding hydrogens is 214 g/mol. The molecular formula is C14H21NS. The van der Waals surface area contributed by atoms with Crippen LogP contribution in [0.25, 0.3) is 0 Å². The van der Waals surface area contributed by atoms with E-state index in [1.165, 1.54) is 44.2 Å². The van der Waals surface area contributed by atoms with Crippen molar-refractivity contribution in [1.29, 1.82) is 0 Å². The van der Waals surface area contributed by atoms with Crippen molar-refractivity contribution in [1.82, 2.24) is 4.72 Å². The zero-order chi connectivity index (χ0) is 11.1. The van der Waals surface area contributed by atoms with Crippen LogP contribution in [0.1, 0.15) is 37.7 Å². The predicted molar refractivity (Wildman–Crippen MR) is 72.3 cm³/mol. The summed E-state index contributed by atoms with van der Waals surface area (Å²) in [7, 11) is 0. The van der Waals surface area contributed by atoms with Gasteiger partial charge in [0.2, 0.25) is 0 Å². The topological polar surface area (TPSA) is 12.0 Å². The Balaban J connectivity index is 1.58. The summed E-state index contributed by atoms with van der Waals surface area (Å²) in [5.41, 5.74) is 1.41. The number of rotatable bonds is 5. The van der Waals surface area contributed by atoms with Gasteiger partial charge < -0.3 is 0 Å². The lowest BCUT2D eigenvalue weighted by Crippen LogP contribution is -2.19. The van der Waals surface area contributed by atoms with Crippen molar-refractivity contribution in [3.8, 4) is 0 Å². The minimum Gasteiger partial charge on any atom is -0.264 e. The summed E-state index contributed by atoms with van der Waals surface area (Å²) in [4.78, 5) is 0. The van der Waals surface area contributed by atoms with Crippen LogP contribution in [0.2, 0.25) is 0 Å². The highest BCUT2D eigenvalue weighted by atomic mass is 32.2. The molecule has 88 valence electrons. The summed E-state index contributed by atoms with van der Waals surface area (Å²) in [6.07, 6.45) is 7.19. The first-order valence-corrected chi connectivity index (χ1v) is 7.32. The van der Waals surface area contributed by atoms with Crippen LogP contribution < -0.4 is 4.72 Å². The Hall–Kier alpha value is -0.470. The Morgan fingerprint density at radius 2 is 1.81 bits per heavy atom. The van der Waals surface area contributed by atoms with E-state index in [0.717, 1.165) is 11.7 Å². The lowest BCUT2D eigenvalue weighted by atomic mass is 9.90. The van der Waals surface area contributed by atoms with Crippen molar-refractivity contribution in [2.24, 2.45) is 5.92 Å². The molecule has 0 heterocycles. The molecule has 0 unspecified atom stereocenters. The first-order valence-electron chi connectivity index (χ1n) is 6.34. The summed E-state index contributed by atoms with van der Waals surface area (Å²) in [5.74, 6) is 2.00. The van der Waals surface area contributed by atoms with Gasteiger partial charge in [-0.25, -0.2) is 0 Å². The fraction of sp³-hybridized carbons (Fsp3) is 0.571. The van der Waals surface area contributed by atoms with Gasteiger partial charge in [0.05, 0.1) is 0 Å². The van der Waals surface area contributed by atoms with Gasteiger partial charge >= 0.3 is 0 Å². The van der Waals surface area contributed by atoms with Crippen LogP contribution in [-0.4, -0.2) is 6.54 Å². The van der Waals surface area contributed by atoms with Crippen LogP contribution in [0.15, 0.2) is 30.3 Å². The second kappa shape index (κ2) is 6.97. The lowest BCUT2D eigenvalue weighted by Gasteiger charge is -2.21. The summed E-state index contributed by atoms with van der Waals surface area (Å²) in [6.45, 7) is 1.19. The molecule has 1 aromatic rings. The van der Waals surface area contributed by atoms with Gasteiger partial charge in [-0.2, -0.15) is 0 Å². The molecule has 0 aliphatic heterocycles. The summed E-state index contributed by atoms with van der Waals surface area (Å²) in [5, 5.41) is 0. The maximum absolute atomic E-state index is 3.52. The summed E-state index contributed by atoms with van der Waals surface area (Å²) < 4.78 is 3.52. The molecule has 0 atom stereocenters. The molecule has 0 aromatic heterocycles. The van der Waals surface area contributed by atoms with E-state index in [0.29, 0.717) is 0 Å². The van der Waals surface area contributed by atoms with E-state index in [9.17, 15) is 0 Å². The van der Waals surface area contributed by atoms with Gasteiger partial charge in [-0.15, -0.1) is 0 Å². The summed E-state index contributed by atoms with van der Waals surface area (Å²) >= 11 is 1.85. The minimum atomic E-state index is 0.928. The third kappa shape index (κ3) is 4.18. The van der Waals surface area contributed by atoms with Gasteiger partial charge in [-0.1, -0.05) is 61.5 Å². The van der Waals surface area contributed by atoms with E-state index in [1.807, 2.05) is 11.9 Å². The second-order valence-electron chi connectivity index (χ2n) is 4.63. The molecule has 0 radical (unpaired) electrons. The molecule has 1 saturated carbocycles. The van der Waals surface area contributed by atoms with Crippen molar-refractivity contribution in [3.63, 3.8) is 0 Å². The molecule has 0 spiro atoms. The monoisotopic (exact) mass is 235 g/mol. The van der Waals surface area contributed by atoms with Crippen molar-refractivity contribution < 1.29 is 0 Å². The smallest absolute Gasteiger partial charge is 0.0330 e. The molecule has 1 aliphatic rings. The van der Waals surface area contributed by atoms with Gasteiger partial charge in [-0.3, -0.25) is 4.72 Å². The highest BCUT2D eigenvalue weighted by molar-refractivity contribution is 7.96. The van der Waals surface area contributed by atoms with Gasteiger partial charge in [0, 0.05) is 12.3 Å². The first-order chi connectivity index (χ1) is 7.95. The van der Waals surface area contributed by atoms with E-state index in [2.05, 4.69) is 35.1 Å². The fourth-order valence-corrected chi connectivity index (χ4v) is 3.09. The molecule has 16 heavy (non-hydrogen) atoms. The number of hydrogen-bond donors (Lipinski definition) is 1. The Kier molecular flexibility index (Phi) is 5.23. The van der Waals surface area contributed by atoms with Crippen molar-refractivity contribution in [3.05, 3.63) is 35.9 Å². The molecule has 1 nitrogen and oxygen atoms in total. The van der Waals surface area contributed by atoms with Crippen LogP contribution >= 0.6 is 11.9 Å². The Labute approximate surface area is 103 Å². The van der Waals surface area contributed by atoms with E-state index >= 15 is 0 Å².